The molecule has 0 N–H and O–H groups in total. The summed E-state index contributed by atoms with van der Waals surface area (Å²) in [7, 11) is 0. The lowest BCUT2D eigenvalue weighted by Gasteiger charge is -2.25. The highest BCUT2D eigenvalue weighted by Gasteiger charge is 2.20. The van der Waals surface area contributed by atoms with Gasteiger partial charge in [-0.15, -0.1) is 0 Å². The van der Waals surface area contributed by atoms with Crippen LogP contribution in [-0.4, -0.2) is 37.2 Å². The average molecular weight is 376 g/mol. The van der Waals surface area contributed by atoms with Gasteiger partial charge in [-0.2, -0.15) is 0 Å². The second-order valence-corrected chi connectivity index (χ2v) is 6.46. The number of carbonyl (C=O) groups excluding carboxylic acids is 1. The van der Waals surface area contributed by atoms with Crippen LogP contribution < -0.4 is 14.2 Å². The van der Waals surface area contributed by atoms with Gasteiger partial charge in [0.05, 0.1) is 0 Å². The first kappa shape index (κ1) is 18.4. The van der Waals surface area contributed by atoms with Crippen molar-refractivity contribution in [2.24, 2.45) is 0 Å². The monoisotopic (exact) mass is 375 g/mol. The zero-order valence-corrected chi connectivity index (χ0v) is 15.7. The van der Waals surface area contributed by atoms with E-state index in [0.29, 0.717) is 37.1 Å². The SMILES string of the molecule is CCN(Cc1cccc2c1OCCO2)C(=O)COc1ccc(Cl)c(C)c1. The maximum Gasteiger partial charge on any atom is 0.260 e. The van der Waals surface area contributed by atoms with Gasteiger partial charge < -0.3 is 19.1 Å². The standard InChI is InChI=1S/C20H22ClNO4/c1-3-22(12-15-5-4-6-18-20(15)25-10-9-24-18)19(23)13-26-16-7-8-17(21)14(2)11-16/h4-8,11H,3,9-10,12-13H2,1-2H3. The number of hydrogen-bond donors (Lipinski definition) is 0. The Morgan fingerprint density at radius 2 is 2.04 bits per heavy atom. The summed E-state index contributed by atoms with van der Waals surface area (Å²) in [6.45, 7) is 5.90. The fraction of sp³-hybridized carbons (Fsp3) is 0.350. The molecule has 1 heterocycles. The van der Waals surface area contributed by atoms with Gasteiger partial charge in [-0.3, -0.25) is 4.79 Å². The van der Waals surface area contributed by atoms with Crippen molar-refractivity contribution in [1.29, 1.82) is 0 Å². The molecule has 5 nitrogen and oxygen atoms in total. The Hall–Kier alpha value is -2.40. The fourth-order valence-corrected chi connectivity index (χ4v) is 2.90. The third-order valence-electron chi connectivity index (χ3n) is 4.24. The summed E-state index contributed by atoms with van der Waals surface area (Å²) >= 11 is 6.01. The molecule has 6 heteroatoms. The van der Waals surface area contributed by atoms with Crippen LogP contribution in [0.1, 0.15) is 18.1 Å². The maximum absolute atomic E-state index is 12.6. The first-order valence-electron chi connectivity index (χ1n) is 8.62. The van der Waals surface area contributed by atoms with Crippen LogP contribution in [0.15, 0.2) is 36.4 Å². The van der Waals surface area contributed by atoms with Crippen molar-refractivity contribution >= 4 is 17.5 Å². The number of hydrogen-bond acceptors (Lipinski definition) is 4. The molecule has 26 heavy (non-hydrogen) atoms. The number of benzene rings is 2. The first-order valence-corrected chi connectivity index (χ1v) is 9.00. The smallest absolute Gasteiger partial charge is 0.260 e. The van der Waals surface area contributed by atoms with Gasteiger partial charge in [-0.25, -0.2) is 0 Å². The predicted octanol–water partition coefficient (Wildman–Crippen LogP) is 3.85. The van der Waals surface area contributed by atoms with E-state index in [1.54, 1.807) is 17.0 Å². The van der Waals surface area contributed by atoms with Crippen molar-refractivity contribution in [1.82, 2.24) is 4.90 Å². The summed E-state index contributed by atoms with van der Waals surface area (Å²) in [5, 5.41) is 0.676. The van der Waals surface area contributed by atoms with Gasteiger partial charge in [-0.1, -0.05) is 23.7 Å². The van der Waals surface area contributed by atoms with Crippen LogP contribution in [0.4, 0.5) is 0 Å². The third-order valence-corrected chi connectivity index (χ3v) is 4.66. The lowest BCUT2D eigenvalue weighted by atomic mass is 10.1. The molecule has 0 saturated heterocycles. The molecule has 0 saturated carbocycles. The van der Waals surface area contributed by atoms with Crippen LogP contribution in [0.5, 0.6) is 17.2 Å². The Kier molecular flexibility index (Phi) is 5.89. The molecule has 3 rings (SSSR count). The first-order chi connectivity index (χ1) is 12.6. The highest BCUT2D eigenvalue weighted by Crippen LogP contribution is 2.34. The second kappa shape index (κ2) is 8.32. The third kappa shape index (κ3) is 4.22. The van der Waals surface area contributed by atoms with Crippen LogP contribution in [0, 0.1) is 6.92 Å². The van der Waals surface area contributed by atoms with E-state index in [0.717, 1.165) is 22.6 Å². The van der Waals surface area contributed by atoms with Crippen LogP contribution >= 0.6 is 11.6 Å². The Morgan fingerprint density at radius 3 is 2.81 bits per heavy atom. The number of para-hydroxylation sites is 1. The Morgan fingerprint density at radius 1 is 1.23 bits per heavy atom. The predicted molar refractivity (Wildman–Crippen MR) is 100 cm³/mol. The molecule has 0 atom stereocenters. The summed E-state index contributed by atoms with van der Waals surface area (Å²) in [4.78, 5) is 14.3. The second-order valence-electron chi connectivity index (χ2n) is 6.05. The summed E-state index contributed by atoms with van der Waals surface area (Å²) in [5.74, 6) is 1.99. The van der Waals surface area contributed by atoms with E-state index >= 15 is 0 Å². The lowest BCUT2D eigenvalue weighted by Crippen LogP contribution is -2.34. The molecule has 2 aromatic carbocycles. The van der Waals surface area contributed by atoms with Crippen molar-refractivity contribution in [2.75, 3.05) is 26.4 Å². The van der Waals surface area contributed by atoms with E-state index in [-0.39, 0.29) is 12.5 Å². The minimum Gasteiger partial charge on any atom is -0.486 e. The largest absolute Gasteiger partial charge is 0.486 e. The van der Waals surface area contributed by atoms with Gasteiger partial charge >= 0.3 is 0 Å². The van der Waals surface area contributed by atoms with Crippen molar-refractivity contribution in [3.8, 4) is 17.2 Å². The fourth-order valence-electron chi connectivity index (χ4n) is 2.78. The number of likely N-dealkylation sites (N-methyl/N-ethyl adjacent to an activating group) is 1. The van der Waals surface area contributed by atoms with E-state index in [9.17, 15) is 4.79 Å². The van der Waals surface area contributed by atoms with E-state index in [1.807, 2.05) is 38.1 Å². The maximum atomic E-state index is 12.6. The normalized spacial score (nSPS) is 12.6. The van der Waals surface area contributed by atoms with Gasteiger partial charge in [0, 0.05) is 23.7 Å². The van der Waals surface area contributed by atoms with Crippen LogP contribution in [0.25, 0.3) is 0 Å². The van der Waals surface area contributed by atoms with E-state index in [2.05, 4.69) is 0 Å². The van der Waals surface area contributed by atoms with Gasteiger partial charge in [-0.05, 0) is 43.7 Å². The topological polar surface area (TPSA) is 48.0 Å². The van der Waals surface area contributed by atoms with Crippen molar-refractivity contribution in [2.45, 2.75) is 20.4 Å². The molecule has 2 aromatic rings. The number of rotatable bonds is 6. The van der Waals surface area contributed by atoms with Crippen LogP contribution in [-0.2, 0) is 11.3 Å². The molecule has 0 aliphatic carbocycles. The van der Waals surface area contributed by atoms with Crippen LogP contribution in [0.2, 0.25) is 5.02 Å². The summed E-state index contributed by atoms with van der Waals surface area (Å²) in [6, 6.07) is 11.1. The molecular weight excluding hydrogens is 354 g/mol. The summed E-state index contributed by atoms with van der Waals surface area (Å²) in [5.41, 5.74) is 1.84. The number of nitrogens with zero attached hydrogens (tertiary/aromatic N) is 1. The van der Waals surface area contributed by atoms with Crippen molar-refractivity contribution < 1.29 is 19.0 Å². The molecular formula is C20H22ClNO4. The van der Waals surface area contributed by atoms with E-state index < -0.39 is 0 Å². The molecule has 1 amide bonds. The molecule has 1 aliphatic heterocycles. The van der Waals surface area contributed by atoms with Gasteiger partial charge in [0.1, 0.15) is 19.0 Å². The summed E-state index contributed by atoms with van der Waals surface area (Å²) in [6.07, 6.45) is 0. The Balaban J connectivity index is 1.65. The van der Waals surface area contributed by atoms with E-state index in [1.165, 1.54) is 0 Å². The Bertz CT molecular complexity index is 793. The quantitative estimate of drug-likeness (QED) is 0.769. The van der Waals surface area contributed by atoms with Crippen molar-refractivity contribution in [3.63, 3.8) is 0 Å². The number of carbonyl (C=O) groups is 1. The number of ether oxygens (including phenoxy) is 3. The number of halogens is 1. The minimum atomic E-state index is -0.0885. The molecule has 0 aromatic heterocycles. The summed E-state index contributed by atoms with van der Waals surface area (Å²) < 4.78 is 17.0. The zero-order valence-electron chi connectivity index (χ0n) is 15.0. The van der Waals surface area contributed by atoms with E-state index in [4.69, 9.17) is 25.8 Å². The minimum absolute atomic E-state index is 0.0265. The Labute approximate surface area is 158 Å². The molecule has 0 spiro atoms. The van der Waals surface area contributed by atoms with Gasteiger partial charge in [0.2, 0.25) is 0 Å². The lowest BCUT2D eigenvalue weighted by molar-refractivity contribution is -0.133. The molecule has 0 fully saturated rings. The van der Waals surface area contributed by atoms with Gasteiger partial charge in [0.25, 0.3) is 5.91 Å². The molecule has 1 aliphatic rings. The van der Waals surface area contributed by atoms with Gasteiger partial charge in [0.15, 0.2) is 18.1 Å². The van der Waals surface area contributed by atoms with Crippen molar-refractivity contribution in [3.05, 3.63) is 52.5 Å². The van der Waals surface area contributed by atoms with Crippen LogP contribution in [0.3, 0.4) is 0 Å². The zero-order chi connectivity index (χ0) is 18.5. The highest BCUT2D eigenvalue weighted by molar-refractivity contribution is 6.31. The number of fused-ring (bicyclic) bond motifs is 1. The molecule has 138 valence electrons. The average Bonchev–Trinajstić information content (AvgIpc) is 2.66. The number of amides is 1. The molecule has 0 unspecified atom stereocenters. The molecule has 0 radical (unpaired) electrons. The molecule has 0 bridgehead atoms. The highest BCUT2D eigenvalue weighted by atomic mass is 35.5. The number of aryl methyl sites for hydroxylation is 1.